The predicted molar refractivity (Wildman–Crippen MR) is 113 cm³/mol. The summed E-state index contributed by atoms with van der Waals surface area (Å²) < 4.78 is 37.8. The lowest BCUT2D eigenvalue weighted by Gasteiger charge is -2.55. The third-order valence-corrected chi connectivity index (χ3v) is 5.88. The summed E-state index contributed by atoms with van der Waals surface area (Å²) in [5, 5.41) is 17.6. The number of likely N-dealkylation sites (tertiary alicyclic amines) is 1. The zero-order chi connectivity index (χ0) is 25.8. The van der Waals surface area contributed by atoms with Gasteiger partial charge in [0.2, 0.25) is 0 Å². The number of hydrogen-bond donors (Lipinski definition) is 1. The number of halogens is 3. The number of amides is 2. The van der Waals surface area contributed by atoms with Crippen LogP contribution in [0.25, 0.3) is 0 Å². The fourth-order valence-corrected chi connectivity index (χ4v) is 4.08. The molecule has 1 atom stereocenters. The van der Waals surface area contributed by atoms with E-state index in [9.17, 15) is 22.8 Å². The summed E-state index contributed by atoms with van der Waals surface area (Å²) in [4.78, 5) is 43.4. The maximum atomic E-state index is 12.7. The molecule has 0 aromatic heterocycles. The van der Waals surface area contributed by atoms with Crippen LogP contribution in [-0.4, -0.2) is 102 Å². The minimum atomic E-state index is -5.08. The molecule has 10 nitrogen and oxygen atoms in total. The minimum absolute atomic E-state index is 0.0578. The molecule has 1 spiro atoms. The van der Waals surface area contributed by atoms with Crippen molar-refractivity contribution >= 4 is 17.8 Å². The van der Waals surface area contributed by atoms with E-state index >= 15 is 0 Å². The topological polar surface area (TPSA) is 123 Å². The van der Waals surface area contributed by atoms with Gasteiger partial charge in [-0.2, -0.15) is 18.4 Å². The third-order valence-electron chi connectivity index (χ3n) is 5.88. The molecule has 3 heterocycles. The summed E-state index contributed by atoms with van der Waals surface area (Å²) in [5.74, 6) is -2.92. The Bertz CT molecular complexity index is 1000. The van der Waals surface area contributed by atoms with E-state index in [2.05, 4.69) is 6.07 Å². The number of hydrogen-bond acceptors (Lipinski definition) is 7. The average Bonchev–Trinajstić information content (AvgIpc) is 2.82. The van der Waals surface area contributed by atoms with E-state index in [0.717, 1.165) is 12.8 Å². The Morgan fingerprint density at radius 2 is 1.89 bits per heavy atom. The molecule has 1 aromatic rings. The van der Waals surface area contributed by atoms with Gasteiger partial charge in [-0.15, -0.1) is 0 Å². The van der Waals surface area contributed by atoms with E-state index in [1.807, 2.05) is 11.9 Å². The number of alkyl halides is 3. The van der Waals surface area contributed by atoms with Crippen molar-refractivity contribution in [3.8, 4) is 6.07 Å². The van der Waals surface area contributed by atoms with Gasteiger partial charge in [-0.25, -0.2) is 9.86 Å². The maximum absolute atomic E-state index is 12.7. The standard InChI is InChI=1S/C20H24N4O4.C2HF3O2/c1-22-12-20(27-11-17(22)19(26)24-7-2-3-8-28-24)13-23(14-20)18(25)16-6-4-5-15(9-16)10-21;3-2(4,5)1(6)7/h4-6,9,17H,2-3,7-8,11-14H2,1H3;(H,6,7). The summed E-state index contributed by atoms with van der Waals surface area (Å²) >= 11 is 0. The van der Waals surface area contributed by atoms with Crippen molar-refractivity contribution < 1.29 is 42.2 Å². The molecule has 3 aliphatic rings. The largest absolute Gasteiger partial charge is 0.490 e. The van der Waals surface area contributed by atoms with E-state index in [0.29, 0.717) is 50.5 Å². The zero-order valence-corrected chi connectivity index (χ0v) is 19.0. The van der Waals surface area contributed by atoms with E-state index in [1.165, 1.54) is 5.06 Å². The molecular weight excluding hydrogens is 473 g/mol. The van der Waals surface area contributed by atoms with Crippen molar-refractivity contribution in [1.82, 2.24) is 14.9 Å². The third kappa shape index (κ3) is 6.27. The molecule has 35 heavy (non-hydrogen) atoms. The van der Waals surface area contributed by atoms with Crippen LogP contribution >= 0.6 is 0 Å². The molecule has 13 heteroatoms. The highest BCUT2D eigenvalue weighted by molar-refractivity contribution is 5.95. The number of nitrogens with zero attached hydrogens (tertiary/aromatic N) is 4. The van der Waals surface area contributed by atoms with Gasteiger partial charge in [-0.3, -0.25) is 19.3 Å². The van der Waals surface area contributed by atoms with Gasteiger partial charge in [0.15, 0.2) is 0 Å². The number of carboxylic acids is 1. The lowest BCUT2D eigenvalue weighted by Crippen LogP contribution is -2.73. The van der Waals surface area contributed by atoms with Gasteiger partial charge in [-0.1, -0.05) is 6.07 Å². The number of rotatable bonds is 2. The fraction of sp³-hybridized carbons (Fsp3) is 0.545. The molecule has 3 saturated heterocycles. The van der Waals surface area contributed by atoms with Crippen molar-refractivity contribution in [3.05, 3.63) is 35.4 Å². The predicted octanol–water partition coefficient (Wildman–Crippen LogP) is 1.27. The molecule has 1 N–H and O–H groups in total. The van der Waals surface area contributed by atoms with E-state index in [4.69, 9.17) is 24.7 Å². The molecule has 0 saturated carbocycles. The summed E-state index contributed by atoms with van der Waals surface area (Å²) in [6.45, 7) is 3.04. The highest BCUT2D eigenvalue weighted by Crippen LogP contribution is 2.32. The Kier molecular flexibility index (Phi) is 7.99. The minimum Gasteiger partial charge on any atom is -0.475 e. The van der Waals surface area contributed by atoms with Crippen LogP contribution in [0.15, 0.2) is 24.3 Å². The van der Waals surface area contributed by atoms with Crippen molar-refractivity contribution in [2.45, 2.75) is 30.7 Å². The number of carbonyl (C=O) groups excluding carboxylic acids is 2. The van der Waals surface area contributed by atoms with Crippen LogP contribution in [0.3, 0.4) is 0 Å². The van der Waals surface area contributed by atoms with Crippen LogP contribution in [0.4, 0.5) is 13.2 Å². The van der Waals surface area contributed by atoms with Gasteiger partial charge in [0, 0.05) is 18.7 Å². The van der Waals surface area contributed by atoms with Crippen molar-refractivity contribution in [2.24, 2.45) is 0 Å². The van der Waals surface area contributed by atoms with Crippen molar-refractivity contribution in [2.75, 3.05) is 46.4 Å². The van der Waals surface area contributed by atoms with Gasteiger partial charge < -0.3 is 14.7 Å². The number of hydroxylamine groups is 2. The lowest BCUT2D eigenvalue weighted by atomic mass is 9.89. The van der Waals surface area contributed by atoms with Crippen LogP contribution < -0.4 is 0 Å². The highest BCUT2D eigenvalue weighted by atomic mass is 19.4. The van der Waals surface area contributed by atoms with Gasteiger partial charge in [0.1, 0.15) is 11.6 Å². The normalized spacial score (nSPS) is 21.9. The van der Waals surface area contributed by atoms with Crippen molar-refractivity contribution in [3.63, 3.8) is 0 Å². The van der Waals surface area contributed by atoms with Crippen LogP contribution in [0.2, 0.25) is 0 Å². The Balaban J connectivity index is 0.000000429. The van der Waals surface area contributed by atoms with Gasteiger partial charge in [0.05, 0.1) is 37.9 Å². The first-order chi connectivity index (χ1) is 16.5. The first-order valence-electron chi connectivity index (χ1n) is 10.8. The first-order valence-corrected chi connectivity index (χ1v) is 10.8. The Morgan fingerprint density at radius 1 is 1.20 bits per heavy atom. The Morgan fingerprint density at radius 3 is 2.43 bits per heavy atom. The second-order valence-electron chi connectivity index (χ2n) is 8.56. The molecule has 0 bridgehead atoms. The van der Waals surface area contributed by atoms with Crippen LogP contribution in [0, 0.1) is 11.3 Å². The summed E-state index contributed by atoms with van der Waals surface area (Å²) in [6, 6.07) is 8.41. The maximum Gasteiger partial charge on any atom is 0.490 e. The number of carboxylic acid groups (broad SMARTS) is 1. The molecule has 0 aliphatic carbocycles. The zero-order valence-electron chi connectivity index (χ0n) is 19.0. The van der Waals surface area contributed by atoms with Crippen LogP contribution in [-0.2, 0) is 19.2 Å². The molecule has 1 aromatic carbocycles. The Labute approximate surface area is 199 Å². The SMILES string of the molecule is CN1CC2(CN(C(=O)c3cccc(C#N)c3)C2)OCC1C(=O)N1CCCCO1.O=C(O)C(F)(F)F. The number of ether oxygens (including phenoxy) is 1. The molecule has 3 aliphatic heterocycles. The highest BCUT2D eigenvalue weighted by Gasteiger charge is 2.51. The summed E-state index contributed by atoms with van der Waals surface area (Å²) in [7, 11) is 1.91. The number of nitriles is 1. The van der Waals surface area contributed by atoms with Gasteiger partial charge in [0.25, 0.3) is 11.8 Å². The average molecular weight is 498 g/mol. The van der Waals surface area contributed by atoms with Gasteiger partial charge >= 0.3 is 12.1 Å². The number of likely N-dealkylation sites (N-methyl/N-ethyl adjacent to an activating group) is 1. The molecule has 190 valence electrons. The monoisotopic (exact) mass is 498 g/mol. The first kappa shape index (κ1) is 26.4. The molecule has 3 fully saturated rings. The second kappa shape index (κ2) is 10.6. The second-order valence-corrected chi connectivity index (χ2v) is 8.56. The van der Waals surface area contributed by atoms with Crippen LogP contribution in [0.5, 0.6) is 0 Å². The van der Waals surface area contributed by atoms with Gasteiger partial charge in [-0.05, 0) is 38.1 Å². The summed E-state index contributed by atoms with van der Waals surface area (Å²) in [6.07, 6.45) is -3.15. The Hall–Kier alpha value is -3.21. The number of aliphatic carboxylic acids is 1. The number of benzene rings is 1. The lowest BCUT2D eigenvalue weighted by molar-refractivity contribution is -0.220. The summed E-state index contributed by atoms with van der Waals surface area (Å²) in [5.41, 5.74) is 0.543. The molecule has 0 radical (unpaired) electrons. The van der Waals surface area contributed by atoms with E-state index < -0.39 is 17.7 Å². The molecule has 2 amide bonds. The molecule has 4 rings (SSSR count). The quantitative estimate of drug-likeness (QED) is 0.647. The van der Waals surface area contributed by atoms with Crippen LogP contribution in [0.1, 0.15) is 28.8 Å². The smallest absolute Gasteiger partial charge is 0.475 e. The molecular formula is C22H25F3N4O6. The van der Waals surface area contributed by atoms with E-state index in [1.54, 1.807) is 29.2 Å². The van der Waals surface area contributed by atoms with E-state index in [-0.39, 0.29) is 17.9 Å². The molecule has 1 unspecified atom stereocenters. The number of morpholine rings is 1. The fourth-order valence-electron chi connectivity index (χ4n) is 4.08. The van der Waals surface area contributed by atoms with Crippen molar-refractivity contribution in [1.29, 1.82) is 5.26 Å². The number of carbonyl (C=O) groups is 3.